The molecular weight excluding hydrogens is 259 g/mol. The fourth-order valence-corrected chi connectivity index (χ4v) is 2.13. The van der Waals surface area contributed by atoms with E-state index in [1.165, 1.54) is 14.1 Å². The zero-order valence-electron chi connectivity index (χ0n) is 8.45. The molecule has 9 heteroatoms. The fraction of sp³-hybridized carbons (Fsp3) is 0.286. The van der Waals surface area contributed by atoms with Gasteiger partial charge in [-0.2, -0.15) is 8.42 Å². The topological polar surface area (TPSA) is 84.4 Å². The van der Waals surface area contributed by atoms with Gasteiger partial charge in [-0.25, -0.2) is 17.7 Å². The first-order valence-electron chi connectivity index (χ1n) is 3.99. The van der Waals surface area contributed by atoms with Crippen LogP contribution in [0.3, 0.4) is 0 Å². The summed E-state index contributed by atoms with van der Waals surface area (Å²) >= 11 is 0. The Kier molecular flexibility index (Phi) is 3.31. The molecule has 0 N–H and O–H groups in total. The summed E-state index contributed by atoms with van der Waals surface area (Å²) in [6.45, 7) is 0. The van der Waals surface area contributed by atoms with Gasteiger partial charge in [-0.1, -0.05) is 3.89 Å². The number of aromatic nitrogens is 1. The van der Waals surface area contributed by atoms with Crippen LogP contribution in [0.25, 0.3) is 0 Å². The maximum absolute atomic E-state index is 12.5. The van der Waals surface area contributed by atoms with E-state index in [1.54, 1.807) is 0 Å². The molecule has 0 bridgehead atoms. The van der Waals surface area contributed by atoms with Gasteiger partial charge in [-0.05, 0) is 12.1 Å². The summed E-state index contributed by atoms with van der Waals surface area (Å²) < 4.78 is 57.3. The highest BCUT2D eigenvalue weighted by Crippen LogP contribution is 2.15. The number of rotatable bonds is 3. The first-order chi connectivity index (χ1) is 7.15. The average molecular weight is 268 g/mol. The number of hydrogen-bond acceptors (Lipinski definition) is 5. The van der Waals surface area contributed by atoms with Crippen LogP contribution in [-0.2, 0) is 20.2 Å². The van der Waals surface area contributed by atoms with Crippen LogP contribution in [0.2, 0.25) is 0 Å². The van der Waals surface area contributed by atoms with Crippen LogP contribution in [0.5, 0.6) is 0 Å². The summed E-state index contributed by atoms with van der Waals surface area (Å²) in [7, 11) is -5.96. The zero-order chi connectivity index (χ0) is 12.6. The Morgan fingerprint density at radius 3 is 2.06 bits per heavy atom. The number of nitrogens with zero attached hydrogens (tertiary/aromatic N) is 2. The van der Waals surface area contributed by atoms with Crippen molar-refractivity contribution < 1.29 is 20.7 Å². The maximum Gasteiger partial charge on any atom is 0.349 e. The van der Waals surface area contributed by atoms with E-state index in [0.29, 0.717) is 0 Å². The average Bonchev–Trinajstić information content (AvgIpc) is 2.16. The molecule has 6 nitrogen and oxygen atoms in total. The second-order valence-corrected chi connectivity index (χ2v) is 6.50. The van der Waals surface area contributed by atoms with E-state index in [0.717, 1.165) is 22.6 Å². The predicted octanol–water partition coefficient (Wildman–Crippen LogP) is -0.00990. The van der Waals surface area contributed by atoms with Crippen molar-refractivity contribution in [2.45, 2.75) is 9.92 Å². The second kappa shape index (κ2) is 4.07. The Hall–Kier alpha value is -1.06. The molecule has 1 heterocycles. The molecule has 90 valence electrons. The second-order valence-electron chi connectivity index (χ2n) is 3.06. The van der Waals surface area contributed by atoms with Gasteiger partial charge in [0.05, 0.1) is 0 Å². The minimum atomic E-state index is -4.90. The monoisotopic (exact) mass is 268 g/mol. The van der Waals surface area contributed by atoms with Crippen LogP contribution in [-0.4, -0.2) is 40.2 Å². The highest BCUT2D eigenvalue weighted by molar-refractivity contribution is 7.89. The summed E-state index contributed by atoms with van der Waals surface area (Å²) in [5, 5.41) is -0.815. The molecule has 0 aliphatic rings. The molecule has 16 heavy (non-hydrogen) atoms. The Morgan fingerprint density at radius 1 is 1.19 bits per heavy atom. The number of pyridine rings is 1. The lowest BCUT2D eigenvalue weighted by atomic mass is 10.5. The van der Waals surface area contributed by atoms with Gasteiger partial charge in [-0.3, -0.25) is 0 Å². The van der Waals surface area contributed by atoms with Gasteiger partial charge in [0, 0.05) is 20.3 Å². The largest absolute Gasteiger partial charge is 0.349 e. The van der Waals surface area contributed by atoms with E-state index in [1.807, 2.05) is 0 Å². The van der Waals surface area contributed by atoms with Crippen LogP contribution >= 0.6 is 0 Å². The van der Waals surface area contributed by atoms with Crippen LogP contribution in [0.4, 0.5) is 3.89 Å². The minimum absolute atomic E-state index is 0.204. The first-order valence-corrected chi connectivity index (χ1v) is 6.81. The van der Waals surface area contributed by atoms with Crippen LogP contribution in [0.1, 0.15) is 0 Å². The molecule has 0 spiro atoms. The van der Waals surface area contributed by atoms with Gasteiger partial charge in [-0.15, -0.1) is 0 Å². The van der Waals surface area contributed by atoms with Crippen LogP contribution in [0, 0.1) is 0 Å². The van der Waals surface area contributed by atoms with E-state index in [-0.39, 0.29) is 4.90 Å². The van der Waals surface area contributed by atoms with E-state index in [9.17, 15) is 20.7 Å². The van der Waals surface area contributed by atoms with Gasteiger partial charge in [0.25, 0.3) is 0 Å². The molecular formula is C7H9FN2O4S2. The SMILES string of the molecule is CN(C)S(=O)(=O)c1ccc(S(=O)(=O)F)nc1. The molecule has 0 fully saturated rings. The summed E-state index contributed by atoms with van der Waals surface area (Å²) in [5.41, 5.74) is 0. The van der Waals surface area contributed by atoms with Crippen molar-refractivity contribution >= 4 is 20.2 Å². The smallest absolute Gasteiger partial charge is 0.241 e. The molecule has 0 aliphatic heterocycles. The molecule has 0 radical (unpaired) electrons. The number of halogens is 1. The molecule has 0 saturated carbocycles. The summed E-state index contributed by atoms with van der Waals surface area (Å²) in [5.74, 6) is 0. The Morgan fingerprint density at radius 2 is 1.75 bits per heavy atom. The summed E-state index contributed by atoms with van der Waals surface area (Å²) in [6, 6.07) is 1.78. The maximum atomic E-state index is 12.5. The van der Waals surface area contributed by atoms with Gasteiger partial charge in [0.15, 0.2) is 5.03 Å². The van der Waals surface area contributed by atoms with Crippen molar-refractivity contribution in [3.8, 4) is 0 Å². The molecule has 0 amide bonds. The Labute approximate surface area is 93.0 Å². The van der Waals surface area contributed by atoms with E-state index >= 15 is 0 Å². The Bertz CT molecular complexity index is 577. The zero-order valence-corrected chi connectivity index (χ0v) is 10.1. The van der Waals surface area contributed by atoms with E-state index in [2.05, 4.69) is 4.98 Å². The standard InChI is InChI=1S/C7H9FN2O4S2/c1-10(2)16(13,14)6-3-4-7(9-5-6)15(8,11)12/h3-5H,1-2H3. The third-order valence-electron chi connectivity index (χ3n) is 1.74. The summed E-state index contributed by atoms with van der Waals surface area (Å²) in [6.07, 6.45) is 0.793. The normalized spacial score (nSPS) is 13.0. The molecule has 1 aromatic heterocycles. The lowest BCUT2D eigenvalue weighted by molar-refractivity contribution is 0.519. The lowest BCUT2D eigenvalue weighted by Crippen LogP contribution is -2.22. The fourth-order valence-electron chi connectivity index (χ4n) is 0.874. The first kappa shape index (κ1) is 13.0. The number of sulfonamides is 1. The molecule has 1 aromatic rings. The van der Waals surface area contributed by atoms with Gasteiger partial charge < -0.3 is 0 Å². The molecule has 0 aliphatic carbocycles. The van der Waals surface area contributed by atoms with Crippen molar-refractivity contribution in [2.75, 3.05) is 14.1 Å². The van der Waals surface area contributed by atoms with Crippen molar-refractivity contribution in [1.29, 1.82) is 0 Å². The van der Waals surface area contributed by atoms with Crippen molar-refractivity contribution in [1.82, 2.24) is 9.29 Å². The van der Waals surface area contributed by atoms with Crippen molar-refractivity contribution in [3.05, 3.63) is 18.3 Å². The van der Waals surface area contributed by atoms with Crippen molar-refractivity contribution in [3.63, 3.8) is 0 Å². The molecule has 0 saturated heterocycles. The lowest BCUT2D eigenvalue weighted by Gasteiger charge is -2.10. The van der Waals surface area contributed by atoms with Gasteiger partial charge in [0.2, 0.25) is 10.0 Å². The quantitative estimate of drug-likeness (QED) is 0.720. The van der Waals surface area contributed by atoms with Crippen LogP contribution in [0.15, 0.2) is 28.3 Å². The molecule has 0 atom stereocenters. The highest BCUT2D eigenvalue weighted by Gasteiger charge is 2.20. The van der Waals surface area contributed by atoms with E-state index in [4.69, 9.17) is 0 Å². The Balaban J connectivity index is 3.25. The predicted molar refractivity (Wildman–Crippen MR) is 53.4 cm³/mol. The number of hydrogen-bond donors (Lipinski definition) is 0. The van der Waals surface area contributed by atoms with Crippen molar-refractivity contribution in [2.24, 2.45) is 0 Å². The van der Waals surface area contributed by atoms with E-state index < -0.39 is 25.3 Å². The molecule has 0 aromatic carbocycles. The molecule has 1 rings (SSSR count). The summed E-state index contributed by atoms with van der Waals surface area (Å²) in [4.78, 5) is 3.03. The third-order valence-corrected chi connectivity index (χ3v) is 4.28. The van der Waals surface area contributed by atoms with Gasteiger partial charge >= 0.3 is 10.2 Å². The van der Waals surface area contributed by atoms with Gasteiger partial charge in [0.1, 0.15) is 4.90 Å². The minimum Gasteiger partial charge on any atom is -0.241 e. The third kappa shape index (κ3) is 2.54. The molecule has 0 unspecified atom stereocenters. The highest BCUT2D eigenvalue weighted by atomic mass is 32.3. The van der Waals surface area contributed by atoms with Crippen LogP contribution < -0.4 is 0 Å².